The van der Waals surface area contributed by atoms with Crippen molar-refractivity contribution < 1.29 is 14.1 Å². The molecule has 1 amide bonds. The molecule has 0 aromatic carbocycles. The van der Waals surface area contributed by atoms with Crippen molar-refractivity contribution in [3.63, 3.8) is 0 Å². The molecule has 1 aromatic heterocycles. The third kappa shape index (κ3) is 5.08. The Bertz CT molecular complexity index is 313. The van der Waals surface area contributed by atoms with Crippen LogP contribution in [0, 0.1) is 6.92 Å². The molecule has 1 rings (SSSR count). The summed E-state index contributed by atoms with van der Waals surface area (Å²) in [5.41, 5.74) is 4.88. The molecule has 0 aliphatic heterocycles. The number of nitrogens with zero attached hydrogens (tertiary/aromatic N) is 2. The minimum absolute atomic E-state index is 0.0526. The number of amides is 1. The van der Waals surface area contributed by atoms with E-state index in [4.69, 9.17) is 15.0 Å². The Labute approximate surface area is 87.0 Å². The molecule has 84 valence electrons. The molecule has 0 spiro atoms. The van der Waals surface area contributed by atoms with Crippen LogP contribution in [0.1, 0.15) is 11.7 Å². The fourth-order valence-electron chi connectivity index (χ4n) is 0.930. The van der Waals surface area contributed by atoms with Crippen molar-refractivity contribution in [2.75, 3.05) is 19.8 Å². The molecule has 3 N–H and O–H groups in total. The molecule has 7 heteroatoms. The first-order chi connectivity index (χ1) is 7.18. The number of hydrogen-bond donors (Lipinski definition) is 2. The molecule has 1 aromatic rings. The van der Waals surface area contributed by atoms with E-state index in [1.54, 1.807) is 6.92 Å². The molecule has 0 bridgehead atoms. The first-order valence-corrected chi connectivity index (χ1v) is 4.54. The van der Waals surface area contributed by atoms with Gasteiger partial charge in [-0.25, -0.2) is 0 Å². The maximum Gasteiger partial charge on any atom is 0.243 e. The SMILES string of the molecule is Cc1nc(CNCCOCC(N)=O)no1. The Kier molecular flexibility index (Phi) is 4.72. The highest BCUT2D eigenvalue weighted by atomic mass is 16.5. The molecule has 0 radical (unpaired) electrons. The zero-order valence-electron chi connectivity index (χ0n) is 8.52. The zero-order valence-corrected chi connectivity index (χ0v) is 8.52. The van der Waals surface area contributed by atoms with Crippen LogP contribution in [0.5, 0.6) is 0 Å². The van der Waals surface area contributed by atoms with Gasteiger partial charge in [0.1, 0.15) is 6.61 Å². The third-order valence-corrected chi connectivity index (χ3v) is 1.52. The number of carbonyl (C=O) groups excluding carboxylic acids is 1. The van der Waals surface area contributed by atoms with Gasteiger partial charge in [0.15, 0.2) is 5.82 Å². The van der Waals surface area contributed by atoms with E-state index in [0.717, 1.165) is 0 Å². The summed E-state index contributed by atoms with van der Waals surface area (Å²) in [7, 11) is 0. The van der Waals surface area contributed by atoms with Crippen LogP contribution < -0.4 is 11.1 Å². The van der Waals surface area contributed by atoms with Gasteiger partial charge < -0.3 is 20.3 Å². The Balaban J connectivity index is 2.00. The maximum atomic E-state index is 10.3. The number of nitrogens with two attached hydrogens (primary N) is 1. The third-order valence-electron chi connectivity index (χ3n) is 1.52. The number of primary amides is 1. The van der Waals surface area contributed by atoms with E-state index in [-0.39, 0.29) is 6.61 Å². The Morgan fingerprint density at radius 3 is 3.07 bits per heavy atom. The van der Waals surface area contributed by atoms with Crippen molar-refractivity contribution in [3.05, 3.63) is 11.7 Å². The summed E-state index contributed by atoms with van der Waals surface area (Å²) in [5, 5.41) is 6.72. The number of hydrogen-bond acceptors (Lipinski definition) is 6. The number of carbonyl (C=O) groups is 1. The molecular formula is C8H14N4O3. The molecule has 0 unspecified atom stereocenters. The Morgan fingerprint density at radius 2 is 2.47 bits per heavy atom. The molecule has 0 saturated carbocycles. The summed E-state index contributed by atoms with van der Waals surface area (Å²) in [4.78, 5) is 14.3. The molecule has 1 heterocycles. The van der Waals surface area contributed by atoms with Gasteiger partial charge in [0.25, 0.3) is 0 Å². The Morgan fingerprint density at radius 1 is 1.67 bits per heavy atom. The van der Waals surface area contributed by atoms with Crippen molar-refractivity contribution in [1.29, 1.82) is 0 Å². The van der Waals surface area contributed by atoms with E-state index in [1.165, 1.54) is 0 Å². The van der Waals surface area contributed by atoms with Gasteiger partial charge in [-0.15, -0.1) is 0 Å². The van der Waals surface area contributed by atoms with E-state index in [1.807, 2.05) is 0 Å². The number of aryl methyl sites for hydroxylation is 1. The number of nitrogens with one attached hydrogen (secondary N) is 1. The molecule has 0 aliphatic carbocycles. The number of ether oxygens (including phenoxy) is 1. The van der Waals surface area contributed by atoms with Crippen LogP contribution in [0.25, 0.3) is 0 Å². The van der Waals surface area contributed by atoms with Crippen molar-refractivity contribution in [1.82, 2.24) is 15.5 Å². The second-order valence-corrected chi connectivity index (χ2v) is 2.93. The summed E-state index contributed by atoms with van der Waals surface area (Å²) in [5.74, 6) is 0.669. The fraction of sp³-hybridized carbons (Fsp3) is 0.625. The topological polar surface area (TPSA) is 103 Å². The standard InChI is InChI=1S/C8H14N4O3/c1-6-11-8(12-15-6)4-10-2-3-14-5-7(9)13/h10H,2-5H2,1H3,(H2,9,13). The van der Waals surface area contributed by atoms with E-state index in [2.05, 4.69) is 15.5 Å². The summed E-state index contributed by atoms with van der Waals surface area (Å²) in [6.07, 6.45) is 0. The summed E-state index contributed by atoms with van der Waals surface area (Å²) < 4.78 is 9.72. The molecular weight excluding hydrogens is 200 g/mol. The monoisotopic (exact) mass is 214 g/mol. The van der Waals surface area contributed by atoms with Crippen molar-refractivity contribution in [3.8, 4) is 0 Å². The lowest BCUT2D eigenvalue weighted by Crippen LogP contribution is -2.24. The quantitative estimate of drug-likeness (QED) is 0.562. The lowest BCUT2D eigenvalue weighted by atomic mass is 10.5. The minimum Gasteiger partial charge on any atom is -0.370 e. The smallest absolute Gasteiger partial charge is 0.243 e. The van der Waals surface area contributed by atoms with Crippen LogP contribution in [0.3, 0.4) is 0 Å². The zero-order chi connectivity index (χ0) is 11.1. The second kappa shape index (κ2) is 6.10. The predicted molar refractivity (Wildman–Crippen MR) is 50.8 cm³/mol. The van der Waals surface area contributed by atoms with Gasteiger partial charge in [-0.1, -0.05) is 5.16 Å². The molecule has 0 atom stereocenters. The van der Waals surface area contributed by atoms with Crippen molar-refractivity contribution in [2.24, 2.45) is 5.73 Å². The average molecular weight is 214 g/mol. The van der Waals surface area contributed by atoms with Crippen LogP contribution in [0.4, 0.5) is 0 Å². The lowest BCUT2D eigenvalue weighted by molar-refractivity contribution is -0.122. The number of aromatic nitrogens is 2. The predicted octanol–water partition coefficient (Wildman–Crippen LogP) is -1.03. The lowest BCUT2D eigenvalue weighted by Gasteiger charge is -2.01. The average Bonchev–Trinajstić information content (AvgIpc) is 2.57. The Hall–Kier alpha value is -1.47. The fourth-order valence-corrected chi connectivity index (χ4v) is 0.930. The van der Waals surface area contributed by atoms with Gasteiger partial charge in [-0.3, -0.25) is 4.79 Å². The van der Waals surface area contributed by atoms with Gasteiger partial charge in [0.05, 0.1) is 13.2 Å². The first-order valence-electron chi connectivity index (χ1n) is 4.54. The number of rotatable bonds is 7. The molecule has 0 fully saturated rings. The molecule has 7 nitrogen and oxygen atoms in total. The minimum atomic E-state index is -0.469. The molecule has 0 aliphatic rings. The molecule has 0 saturated heterocycles. The molecule has 15 heavy (non-hydrogen) atoms. The highest BCUT2D eigenvalue weighted by molar-refractivity contribution is 5.74. The summed E-state index contributed by atoms with van der Waals surface area (Å²) >= 11 is 0. The second-order valence-electron chi connectivity index (χ2n) is 2.93. The van der Waals surface area contributed by atoms with Gasteiger partial charge in [-0.05, 0) is 0 Å². The van der Waals surface area contributed by atoms with Crippen LogP contribution in [0.15, 0.2) is 4.52 Å². The van der Waals surface area contributed by atoms with E-state index in [0.29, 0.717) is 31.4 Å². The van der Waals surface area contributed by atoms with Crippen LogP contribution in [0.2, 0.25) is 0 Å². The van der Waals surface area contributed by atoms with Crippen molar-refractivity contribution >= 4 is 5.91 Å². The van der Waals surface area contributed by atoms with Crippen molar-refractivity contribution in [2.45, 2.75) is 13.5 Å². The van der Waals surface area contributed by atoms with Gasteiger partial charge in [-0.2, -0.15) is 4.98 Å². The summed E-state index contributed by atoms with van der Waals surface area (Å²) in [6.45, 7) is 3.20. The summed E-state index contributed by atoms with van der Waals surface area (Å²) in [6, 6.07) is 0. The van der Waals surface area contributed by atoms with E-state index in [9.17, 15) is 4.79 Å². The maximum absolute atomic E-state index is 10.3. The van der Waals surface area contributed by atoms with Crippen LogP contribution in [-0.4, -0.2) is 35.8 Å². The highest BCUT2D eigenvalue weighted by Gasteiger charge is 2.00. The first kappa shape index (κ1) is 11.6. The van der Waals surface area contributed by atoms with Gasteiger partial charge >= 0.3 is 0 Å². The largest absolute Gasteiger partial charge is 0.370 e. The van der Waals surface area contributed by atoms with E-state index >= 15 is 0 Å². The van der Waals surface area contributed by atoms with Gasteiger partial charge in [0.2, 0.25) is 11.8 Å². The van der Waals surface area contributed by atoms with Gasteiger partial charge in [0, 0.05) is 13.5 Å². The van der Waals surface area contributed by atoms with Crippen LogP contribution in [-0.2, 0) is 16.1 Å². The normalized spacial score (nSPS) is 10.5. The van der Waals surface area contributed by atoms with E-state index < -0.39 is 5.91 Å². The van der Waals surface area contributed by atoms with Crippen LogP contribution >= 0.6 is 0 Å². The highest BCUT2D eigenvalue weighted by Crippen LogP contribution is 1.93.